The first-order valence-electron chi connectivity index (χ1n) is 8.27. The van der Waals surface area contributed by atoms with Crippen molar-refractivity contribution in [2.75, 3.05) is 13.7 Å². The van der Waals surface area contributed by atoms with Gasteiger partial charge in [-0.05, 0) is 41.5 Å². The molecule has 0 saturated heterocycles. The van der Waals surface area contributed by atoms with E-state index in [0.717, 1.165) is 16.9 Å². The van der Waals surface area contributed by atoms with E-state index < -0.39 is 0 Å². The number of hydrogen-bond acceptors (Lipinski definition) is 4. The predicted molar refractivity (Wildman–Crippen MR) is 99.2 cm³/mol. The number of aromatic nitrogens is 1. The van der Waals surface area contributed by atoms with Crippen LogP contribution in [0.5, 0.6) is 11.5 Å². The van der Waals surface area contributed by atoms with Crippen LogP contribution in [0, 0.1) is 0 Å². The maximum absolute atomic E-state index is 12.4. The van der Waals surface area contributed by atoms with Gasteiger partial charge in [0, 0.05) is 12.4 Å². The number of rotatable bonds is 7. The van der Waals surface area contributed by atoms with Crippen molar-refractivity contribution >= 4 is 5.91 Å². The summed E-state index contributed by atoms with van der Waals surface area (Å²) < 4.78 is 10.8. The summed E-state index contributed by atoms with van der Waals surface area (Å²) >= 11 is 0. The number of para-hydroxylation sites is 1. The second-order valence-corrected chi connectivity index (χ2v) is 5.67. The molecule has 0 saturated carbocycles. The van der Waals surface area contributed by atoms with Crippen molar-refractivity contribution in [2.24, 2.45) is 0 Å². The van der Waals surface area contributed by atoms with Gasteiger partial charge < -0.3 is 14.8 Å². The molecular weight excluding hydrogens is 328 g/mol. The third-order valence-electron chi connectivity index (χ3n) is 3.86. The van der Waals surface area contributed by atoms with Crippen LogP contribution in [0.1, 0.15) is 17.2 Å². The number of nitrogens with one attached hydrogen (secondary N) is 1. The first-order valence-corrected chi connectivity index (χ1v) is 8.27. The Labute approximate surface area is 152 Å². The molecule has 1 amide bonds. The van der Waals surface area contributed by atoms with Crippen molar-refractivity contribution in [1.29, 1.82) is 0 Å². The lowest BCUT2D eigenvalue weighted by Gasteiger charge is -2.20. The monoisotopic (exact) mass is 348 g/mol. The number of carbonyl (C=O) groups is 1. The molecule has 1 unspecified atom stereocenters. The van der Waals surface area contributed by atoms with Crippen LogP contribution in [0.25, 0.3) is 0 Å². The molecule has 26 heavy (non-hydrogen) atoms. The Morgan fingerprint density at radius 3 is 2.50 bits per heavy atom. The smallest absolute Gasteiger partial charge is 0.258 e. The fraction of sp³-hybridized carbons (Fsp3) is 0.143. The minimum atomic E-state index is -0.342. The van der Waals surface area contributed by atoms with E-state index in [1.54, 1.807) is 19.5 Å². The van der Waals surface area contributed by atoms with Crippen LogP contribution in [0.2, 0.25) is 0 Å². The summed E-state index contributed by atoms with van der Waals surface area (Å²) in [5, 5.41) is 3.01. The number of pyridine rings is 1. The molecule has 0 aliphatic heterocycles. The third-order valence-corrected chi connectivity index (χ3v) is 3.86. The lowest BCUT2D eigenvalue weighted by atomic mass is 10.00. The average Bonchev–Trinajstić information content (AvgIpc) is 2.72. The normalized spacial score (nSPS) is 11.4. The van der Waals surface area contributed by atoms with Gasteiger partial charge in [0.2, 0.25) is 0 Å². The molecule has 1 heterocycles. The zero-order valence-electron chi connectivity index (χ0n) is 14.5. The van der Waals surface area contributed by atoms with Crippen LogP contribution in [-0.2, 0) is 4.79 Å². The molecule has 3 aromatic rings. The lowest BCUT2D eigenvalue weighted by Crippen LogP contribution is -2.33. The fourth-order valence-electron chi connectivity index (χ4n) is 2.60. The Hall–Kier alpha value is -3.34. The molecule has 3 rings (SSSR count). The molecule has 0 spiro atoms. The number of hydrogen-bond donors (Lipinski definition) is 1. The Bertz CT molecular complexity index is 838. The van der Waals surface area contributed by atoms with Gasteiger partial charge in [0.1, 0.15) is 11.5 Å². The zero-order valence-corrected chi connectivity index (χ0v) is 14.5. The van der Waals surface area contributed by atoms with Crippen molar-refractivity contribution < 1.29 is 14.3 Å². The van der Waals surface area contributed by atoms with Gasteiger partial charge in [-0.25, -0.2) is 0 Å². The van der Waals surface area contributed by atoms with Crippen LogP contribution >= 0.6 is 0 Å². The topological polar surface area (TPSA) is 60.5 Å². The summed E-state index contributed by atoms with van der Waals surface area (Å²) in [4.78, 5) is 16.6. The molecule has 0 radical (unpaired) electrons. The molecule has 0 aliphatic carbocycles. The van der Waals surface area contributed by atoms with Gasteiger partial charge in [0.25, 0.3) is 5.91 Å². The highest BCUT2D eigenvalue weighted by atomic mass is 16.5. The van der Waals surface area contributed by atoms with Crippen LogP contribution in [0.4, 0.5) is 0 Å². The molecule has 1 N–H and O–H groups in total. The lowest BCUT2D eigenvalue weighted by molar-refractivity contribution is -0.123. The van der Waals surface area contributed by atoms with Crippen LogP contribution in [-0.4, -0.2) is 24.6 Å². The molecule has 2 aromatic carbocycles. The van der Waals surface area contributed by atoms with E-state index in [9.17, 15) is 4.79 Å². The van der Waals surface area contributed by atoms with Crippen molar-refractivity contribution in [1.82, 2.24) is 10.3 Å². The molecule has 0 fully saturated rings. The highest BCUT2D eigenvalue weighted by molar-refractivity contribution is 5.78. The predicted octanol–water partition coefficient (Wildman–Crippen LogP) is 3.37. The summed E-state index contributed by atoms with van der Waals surface area (Å²) in [6.07, 6.45) is 3.44. The number of amides is 1. The summed E-state index contributed by atoms with van der Waals surface area (Å²) in [6, 6.07) is 20.3. The molecule has 132 valence electrons. The highest BCUT2D eigenvalue weighted by Gasteiger charge is 2.18. The zero-order chi connectivity index (χ0) is 18.2. The van der Waals surface area contributed by atoms with E-state index in [-0.39, 0.29) is 18.6 Å². The number of carbonyl (C=O) groups excluding carboxylic acids is 1. The fourth-order valence-corrected chi connectivity index (χ4v) is 2.60. The van der Waals surface area contributed by atoms with Crippen molar-refractivity contribution in [3.05, 3.63) is 90.3 Å². The molecule has 0 bridgehead atoms. The van der Waals surface area contributed by atoms with Gasteiger partial charge in [0.05, 0.1) is 13.2 Å². The number of methoxy groups -OCH3 is 1. The molecule has 0 aliphatic rings. The first-order chi connectivity index (χ1) is 12.8. The average molecular weight is 348 g/mol. The summed E-state index contributed by atoms with van der Waals surface area (Å²) in [7, 11) is 1.62. The van der Waals surface area contributed by atoms with Gasteiger partial charge in [-0.1, -0.05) is 36.4 Å². The number of ether oxygens (including phenoxy) is 2. The van der Waals surface area contributed by atoms with Crippen molar-refractivity contribution in [3.63, 3.8) is 0 Å². The van der Waals surface area contributed by atoms with E-state index in [1.165, 1.54) is 0 Å². The maximum Gasteiger partial charge on any atom is 0.258 e. The maximum atomic E-state index is 12.4. The Kier molecular flexibility index (Phi) is 5.83. The van der Waals surface area contributed by atoms with Crippen molar-refractivity contribution in [3.8, 4) is 11.5 Å². The minimum Gasteiger partial charge on any atom is -0.497 e. The van der Waals surface area contributed by atoms with Crippen LogP contribution in [0.3, 0.4) is 0 Å². The highest BCUT2D eigenvalue weighted by Crippen LogP contribution is 2.24. The molecular formula is C21H20N2O3. The van der Waals surface area contributed by atoms with Crippen LogP contribution < -0.4 is 14.8 Å². The van der Waals surface area contributed by atoms with E-state index in [2.05, 4.69) is 10.3 Å². The van der Waals surface area contributed by atoms with E-state index in [0.29, 0.717) is 5.75 Å². The Balaban J connectivity index is 1.76. The molecule has 1 atom stereocenters. The quantitative estimate of drug-likeness (QED) is 0.711. The molecule has 1 aromatic heterocycles. The summed E-state index contributed by atoms with van der Waals surface area (Å²) in [5.41, 5.74) is 1.79. The van der Waals surface area contributed by atoms with E-state index >= 15 is 0 Å². The second kappa shape index (κ2) is 8.67. The van der Waals surface area contributed by atoms with E-state index in [4.69, 9.17) is 9.47 Å². The summed E-state index contributed by atoms with van der Waals surface area (Å²) in [6.45, 7) is -0.0647. The standard InChI is InChI=1S/C21H20N2O3/c1-25-19-11-5-7-16(13-19)21(17-8-6-12-22-14-17)23-20(24)15-26-18-9-3-2-4-10-18/h2-14,21H,15H2,1H3,(H,23,24). The van der Waals surface area contributed by atoms with Gasteiger partial charge in [0.15, 0.2) is 6.61 Å². The first kappa shape index (κ1) is 17.5. The number of benzene rings is 2. The summed E-state index contributed by atoms with van der Waals surface area (Å²) in [5.74, 6) is 1.17. The van der Waals surface area contributed by atoms with Gasteiger partial charge in [-0.2, -0.15) is 0 Å². The van der Waals surface area contributed by atoms with E-state index in [1.807, 2.05) is 66.7 Å². The SMILES string of the molecule is COc1cccc(C(NC(=O)COc2ccccc2)c2cccnc2)c1. The second-order valence-electron chi connectivity index (χ2n) is 5.67. The minimum absolute atomic E-state index is 0.0647. The van der Waals surface area contributed by atoms with Gasteiger partial charge in [-0.3, -0.25) is 9.78 Å². The van der Waals surface area contributed by atoms with Crippen LogP contribution in [0.15, 0.2) is 79.1 Å². The molecule has 5 nitrogen and oxygen atoms in total. The van der Waals surface area contributed by atoms with Gasteiger partial charge >= 0.3 is 0 Å². The van der Waals surface area contributed by atoms with Gasteiger partial charge in [-0.15, -0.1) is 0 Å². The Morgan fingerprint density at radius 1 is 1.00 bits per heavy atom. The largest absolute Gasteiger partial charge is 0.497 e. The molecule has 5 heteroatoms. The van der Waals surface area contributed by atoms with Crippen molar-refractivity contribution in [2.45, 2.75) is 6.04 Å². The number of nitrogens with zero attached hydrogens (tertiary/aromatic N) is 1. The Morgan fingerprint density at radius 2 is 1.77 bits per heavy atom. The third kappa shape index (κ3) is 4.60.